The molecule has 0 radical (unpaired) electrons. The van der Waals surface area contributed by atoms with Crippen LogP contribution in [0.5, 0.6) is 0 Å². The number of benzene rings is 2. The fourth-order valence-corrected chi connectivity index (χ4v) is 3.38. The summed E-state index contributed by atoms with van der Waals surface area (Å²) in [6.07, 6.45) is 3.28. The van der Waals surface area contributed by atoms with Crippen LogP contribution in [-0.4, -0.2) is 29.7 Å². The molecule has 0 atom stereocenters. The number of anilines is 1. The van der Waals surface area contributed by atoms with Gasteiger partial charge in [-0.25, -0.2) is 18.4 Å². The summed E-state index contributed by atoms with van der Waals surface area (Å²) in [6, 6.07) is 18.3. The number of hydrogen-bond donors (Lipinski definition) is 1. The molecule has 0 saturated carbocycles. The van der Waals surface area contributed by atoms with E-state index >= 15 is 0 Å². The highest BCUT2D eigenvalue weighted by atomic mass is 35.5. The Labute approximate surface area is 174 Å². The minimum atomic E-state index is -0.402. The Hall–Kier alpha value is -3.91. The first-order valence-corrected chi connectivity index (χ1v) is 9.55. The van der Waals surface area contributed by atoms with Gasteiger partial charge in [-0.3, -0.25) is 4.79 Å². The summed E-state index contributed by atoms with van der Waals surface area (Å²) in [5, 5.41) is 12.2. The van der Waals surface area contributed by atoms with Crippen molar-refractivity contribution in [2.24, 2.45) is 0 Å². The van der Waals surface area contributed by atoms with Crippen molar-refractivity contribution in [1.82, 2.24) is 23.8 Å². The summed E-state index contributed by atoms with van der Waals surface area (Å²) in [6.45, 7) is -0.213. The number of hydrogen-bond acceptors (Lipinski definition) is 4. The Morgan fingerprint density at radius 3 is 2.53 bits per heavy atom. The van der Waals surface area contributed by atoms with Crippen molar-refractivity contribution >= 4 is 34.4 Å². The zero-order chi connectivity index (χ0) is 20.7. The topological polar surface area (TPSA) is 85.7 Å². The van der Waals surface area contributed by atoms with E-state index in [2.05, 4.69) is 15.5 Å². The highest BCUT2D eigenvalue weighted by Crippen LogP contribution is 2.21. The van der Waals surface area contributed by atoms with Gasteiger partial charge in [0.05, 0.1) is 5.69 Å². The number of carbonyl (C=O) groups excluding carboxylic acids is 1. The zero-order valence-corrected chi connectivity index (χ0v) is 16.3. The van der Waals surface area contributed by atoms with Crippen molar-refractivity contribution < 1.29 is 4.79 Å². The van der Waals surface area contributed by atoms with Gasteiger partial charge in [0.25, 0.3) is 0 Å². The maximum Gasteiger partial charge on any atom is 0.350 e. The Bertz CT molecular complexity index is 1430. The lowest BCUT2D eigenvalue weighted by Gasteiger charge is -2.04. The third kappa shape index (κ3) is 3.23. The van der Waals surface area contributed by atoms with E-state index in [0.29, 0.717) is 21.9 Å². The molecule has 9 heteroatoms. The van der Waals surface area contributed by atoms with Crippen molar-refractivity contribution in [2.75, 3.05) is 5.32 Å². The van der Waals surface area contributed by atoms with Crippen molar-refractivity contribution in [1.29, 1.82) is 0 Å². The molecule has 0 aliphatic rings. The number of amides is 1. The van der Waals surface area contributed by atoms with Gasteiger partial charge in [0, 0.05) is 28.7 Å². The zero-order valence-electron chi connectivity index (χ0n) is 15.6. The highest BCUT2D eigenvalue weighted by Gasteiger charge is 2.15. The number of nitrogens with zero attached hydrogens (tertiary/aromatic N) is 5. The lowest BCUT2D eigenvalue weighted by Crippen LogP contribution is -2.28. The number of fused-ring (bicyclic) bond motifs is 3. The van der Waals surface area contributed by atoms with E-state index in [4.69, 9.17) is 11.6 Å². The van der Waals surface area contributed by atoms with E-state index in [1.807, 2.05) is 36.4 Å². The van der Waals surface area contributed by atoms with Gasteiger partial charge in [-0.1, -0.05) is 41.9 Å². The molecule has 5 aromatic rings. The van der Waals surface area contributed by atoms with Crippen LogP contribution in [0.3, 0.4) is 0 Å². The SMILES string of the molecule is O=C(Cn1nc2c3cc(-c4ccccc4)nn3ccn2c1=O)Nc1ccc(Cl)cc1. The molecular weight excluding hydrogens is 404 g/mol. The Morgan fingerprint density at radius 2 is 1.77 bits per heavy atom. The van der Waals surface area contributed by atoms with Gasteiger partial charge >= 0.3 is 5.69 Å². The molecule has 1 amide bonds. The summed E-state index contributed by atoms with van der Waals surface area (Å²) in [4.78, 5) is 25.1. The van der Waals surface area contributed by atoms with Crippen LogP contribution in [0, 0.1) is 0 Å². The molecule has 0 bridgehead atoms. The molecule has 0 aliphatic heterocycles. The first-order valence-electron chi connectivity index (χ1n) is 9.17. The Balaban J connectivity index is 1.49. The van der Waals surface area contributed by atoms with E-state index in [-0.39, 0.29) is 12.5 Å². The maximum absolute atomic E-state index is 12.7. The molecular formula is C21H15ClN6O2. The van der Waals surface area contributed by atoms with Crippen molar-refractivity contribution in [3.8, 4) is 11.3 Å². The summed E-state index contributed by atoms with van der Waals surface area (Å²) >= 11 is 5.85. The molecule has 0 fully saturated rings. The summed E-state index contributed by atoms with van der Waals surface area (Å²) < 4.78 is 4.21. The molecule has 5 rings (SSSR count). The van der Waals surface area contributed by atoms with Crippen LogP contribution in [0.25, 0.3) is 22.4 Å². The molecule has 0 unspecified atom stereocenters. The second kappa shape index (κ2) is 7.16. The van der Waals surface area contributed by atoms with Gasteiger partial charge in [0.2, 0.25) is 5.91 Å². The predicted octanol–water partition coefficient (Wildman–Crippen LogP) is 3.10. The van der Waals surface area contributed by atoms with Gasteiger partial charge in [0.15, 0.2) is 5.65 Å². The van der Waals surface area contributed by atoms with Gasteiger partial charge < -0.3 is 5.32 Å². The van der Waals surface area contributed by atoms with E-state index < -0.39 is 5.69 Å². The fraction of sp³-hybridized carbons (Fsp3) is 0.0476. The number of halogens is 1. The summed E-state index contributed by atoms with van der Waals surface area (Å²) in [7, 11) is 0. The van der Waals surface area contributed by atoms with Crippen LogP contribution in [0.15, 0.2) is 77.9 Å². The minimum Gasteiger partial charge on any atom is -0.324 e. The average Bonchev–Trinajstić information content (AvgIpc) is 3.32. The second-order valence-corrected chi connectivity index (χ2v) is 7.15. The molecule has 3 aromatic heterocycles. The van der Waals surface area contributed by atoms with Crippen molar-refractivity contribution in [3.05, 3.63) is 88.6 Å². The van der Waals surface area contributed by atoms with E-state index in [9.17, 15) is 9.59 Å². The van der Waals surface area contributed by atoms with Gasteiger partial charge in [-0.15, -0.1) is 5.10 Å². The standard InChI is InChI=1S/C21H15ClN6O2/c22-15-6-8-16(9-7-15)23-19(29)13-28-21(30)26-10-11-27-18(20(26)25-28)12-17(24-27)14-4-2-1-3-5-14/h1-12H,13H2,(H,23,29). The quantitative estimate of drug-likeness (QED) is 0.486. The normalized spacial score (nSPS) is 11.2. The molecule has 0 saturated heterocycles. The lowest BCUT2D eigenvalue weighted by molar-refractivity contribution is -0.117. The fourth-order valence-electron chi connectivity index (χ4n) is 3.26. The molecule has 8 nitrogen and oxygen atoms in total. The third-order valence-corrected chi connectivity index (χ3v) is 4.94. The molecule has 2 aromatic carbocycles. The summed E-state index contributed by atoms with van der Waals surface area (Å²) in [5.41, 5.74) is 3.02. The Kier molecular flexibility index (Phi) is 4.33. The first kappa shape index (κ1) is 18.1. The van der Waals surface area contributed by atoms with Crippen LogP contribution in [-0.2, 0) is 11.3 Å². The van der Waals surface area contributed by atoms with Crippen LogP contribution in [0.2, 0.25) is 5.02 Å². The van der Waals surface area contributed by atoms with Crippen LogP contribution in [0.4, 0.5) is 5.69 Å². The first-order chi connectivity index (χ1) is 14.6. The maximum atomic E-state index is 12.7. The number of aromatic nitrogens is 5. The minimum absolute atomic E-state index is 0.213. The number of nitrogens with one attached hydrogen (secondary N) is 1. The van der Waals surface area contributed by atoms with Gasteiger partial charge in [0.1, 0.15) is 12.1 Å². The number of rotatable bonds is 4. The smallest absolute Gasteiger partial charge is 0.324 e. The van der Waals surface area contributed by atoms with Crippen molar-refractivity contribution in [2.45, 2.75) is 6.54 Å². The Morgan fingerprint density at radius 1 is 1.00 bits per heavy atom. The molecule has 0 spiro atoms. The van der Waals surface area contributed by atoms with Crippen LogP contribution < -0.4 is 11.0 Å². The predicted molar refractivity (Wildman–Crippen MR) is 114 cm³/mol. The van der Waals surface area contributed by atoms with Crippen molar-refractivity contribution in [3.63, 3.8) is 0 Å². The second-order valence-electron chi connectivity index (χ2n) is 6.71. The largest absolute Gasteiger partial charge is 0.350 e. The molecule has 0 aliphatic carbocycles. The highest BCUT2D eigenvalue weighted by molar-refractivity contribution is 6.30. The molecule has 1 N–H and O–H groups in total. The molecule has 148 valence electrons. The molecule has 3 heterocycles. The average molecular weight is 419 g/mol. The van der Waals surface area contributed by atoms with E-state index in [0.717, 1.165) is 15.9 Å². The third-order valence-electron chi connectivity index (χ3n) is 4.68. The van der Waals surface area contributed by atoms with E-state index in [1.165, 1.54) is 4.40 Å². The number of carbonyl (C=O) groups is 1. The lowest BCUT2D eigenvalue weighted by atomic mass is 10.1. The van der Waals surface area contributed by atoms with Gasteiger partial charge in [-0.2, -0.15) is 5.10 Å². The van der Waals surface area contributed by atoms with Gasteiger partial charge in [-0.05, 0) is 30.3 Å². The van der Waals surface area contributed by atoms with Crippen LogP contribution in [0.1, 0.15) is 0 Å². The van der Waals surface area contributed by atoms with E-state index in [1.54, 1.807) is 41.2 Å². The summed E-state index contributed by atoms with van der Waals surface area (Å²) in [5.74, 6) is -0.364. The van der Waals surface area contributed by atoms with Crippen LogP contribution >= 0.6 is 11.6 Å². The molecule has 30 heavy (non-hydrogen) atoms. The monoisotopic (exact) mass is 418 g/mol.